The summed E-state index contributed by atoms with van der Waals surface area (Å²) in [7, 11) is 3.51. The van der Waals surface area contributed by atoms with Gasteiger partial charge in [-0.1, -0.05) is 12.1 Å². The smallest absolute Gasteiger partial charge is 0.219 e. The van der Waals surface area contributed by atoms with E-state index in [1.165, 1.54) is 5.56 Å². The van der Waals surface area contributed by atoms with E-state index in [0.717, 1.165) is 18.6 Å². The van der Waals surface area contributed by atoms with Gasteiger partial charge in [-0.25, -0.2) is 0 Å². The quantitative estimate of drug-likeness (QED) is 0.770. The molecule has 100 valence electrons. The molecule has 0 saturated carbocycles. The van der Waals surface area contributed by atoms with E-state index >= 15 is 0 Å². The van der Waals surface area contributed by atoms with E-state index in [-0.39, 0.29) is 11.4 Å². The van der Waals surface area contributed by atoms with Gasteiger partial charge in [-0.3, -0.25) is 4.79 Å². The predicted molar refractivity (Wildman–Crippen MR) is 72.6 cm³/mol. The summed E-state index contributed by atoms with van der Waals surface area (Å²) in [6.07, 6.45) is 2.10. The van der Waals surface area contributed by atoms with Crippen molar-refractivity contribution in [1.82, 2.24) is 5.32 Å². The Labute approximate surface area is 109 Å². The fourth-order valence-corrected chi connectivity index (χ4v) is 1.90. The van der Waals surface area contributed by atoms with Gasteiger partial charge < -0.3 is 15.8 Å². The van der Waals surface area contributed by atoms with Crippen molar-refractivity contribution in [3.05, 3.63) is 29.8 Å². The monoisotopic (exact) mass is 250 g/mol. The van der Waals surface area contributed by atoms with Crippen LogP contribution in [-0.2, 0) is 11.2 Å². The van der Waals surface area contributed by atoms with Crippen LogP contribution >= 0.6 is 0 Å². The average Bonchev–Trinajstić information content (AvgIpc) is 2.36. The number of carbonyl (C=O) groups is 1. The minimum absolute atomic E-state index is 0.244. The van der Waals surface area contributed by atoms with Crippen LogP contribution in [-0.4, -0.2) is 25.6 Å². The first kappa shape index (κ1) is 14.5. The summed E-state index contributed by atoms with van der Waals surface area (Å²) in [6.45, 7) is 2.02. The lowest BCUT2D eigenvalue weighted by molar-refractivity contribution is -0.119. The molecule has 0 fully saturated rings. The summed E-state index contributed by atoms with van der Waals surface area (Å²) in [4.78, 5) is 11.0. The topological polar surface area (TPSA) is 64.3 Å². The molecule has 0 spiro atoms. The molecule has 1 unspecified atom stereocenters. The molecule has 0 saturated heterocycles. The number of benzene rings is 1. The summed E-state index contributed by atoms with van der Waals surface area (Å²) in [6, 6.07) is 7.97. The van der Waals surface area contributed by atoms with Crippen molar-refractivity contribution in [2.75, 3.05) is 14.2 Å². The Morgan fingerprint density at radius 2 is 2.00 bits per heavy atom. The first-order valence-electron chi connectivity index (χ1n) is 6.09. The number of hydrogen-bond donors (Lipinski definition) is 2. The Balaban J connectivity index is 2.58. The Bertz CT molecular complexity index is 389. The molecule has 0 heterocycles. The van der Waals surface area contributed by atoms with Gasteiger partial charge in [0.25, 0.3) is 0 Å². The number of methoxy groups -OCH3 is 1. The van der Waals surface area contributed by atoms with Crippen molar-refractivity contribution >= 4 is 5.91 Å². The highest BCUT2D eigenvalue weighted by molar-refractivity contribution is 5.75. The summed E-state index contributed by atoms with van der Waals surface area (Å²) in [5, 5.41) is 3.18. The molecule has 0 aromatic heterocycles. The molecule has 0 aliphatic carbocycles. The zero-order chi connectivity index (χ0) is 13.6. The molecular weight excluding hydrogens is 228 g/mol. The first-order chi connectivity index (χ1) is 8.49. The number of carbonyl (C=O) groups excluding carboxylic acids is 1. The second-order valence-corrected chi connectivity index (χ2v) is 4.80. The Morgan fingerprint density at radius 3 is 2.44 bits per heavy atom. The highest BCUT2D eigenvalue weighted by Crippen LogP contribution is 2.19. The van der Waals surface area contributed by atoms with Gasteiger partial charge in [0.05, 0.1) is 7.11 Å². The maximum Gasteiger partial charge on any atom is 0.219 e. The van der Waals surface area contributed by atoms with Gasteiger partial charge in [0.1, 0.15) is 5.75 Å². The number of ether oxygens (including phenoxy) is 1. The van der Waals surface area contributed by atoms with Gasteiger partial charge in [-0.2, -0.15) is 0 Å². The lowest BCUT2D eigenvalue weighted by Gasteiger charge is -2.28. The van der Waals surface area contributed by atoms with Gasteiger partial charge >= 0.3 is 0 Å². The molecule has 18 heavy (non-hydrogen) atoms. The summed E-state index contributed by atoms with van der Waals surface area (Å²) in [5.74, 6) is 0.578. The molecule has 4 heteroatoms. The van der Waals surface area contributed by atoms with Crippen LogP contribution in [0.3, 0.4) is 0 Å². The van der Waals surface area contributed by atoms with Crippen LogP contribution in [0.5, 0.6) is 5.75 Å². The first-order valence-corrected chi connectivity index (χ1v) is 6.09. The number of nitrogens with one attached hydrogen (secondary N) is 1. The highest BCUT2D eigenvalue weighted by atomic mass is 16.5. The average molecular weight is 250 g/mol. The predicted octanol–water partition coefficient (Wildman–Crippen LogP) is 1.48. The lowest BCUT2D eigenvalue weighted by Crippen LogP contribution is -2.43. The number of primary amides is 1. The van der Waals surface area contributed by atoms with Gasteiger partial charge in [0.15, 0.2) is 0 Å². The second-order valence-electron chi connectivity index (χ2n) is 4.80. The third kappa shape index (κ3) is 4.37. The Morgan fingerprint density at radius 1 is 1.39 bits per heavy atom. The molecule has 0 bridgehead atoms. The largest absolute Gasteiger partial charge is 0.497 e. The molecule has 1 aromatic carbocycles. The SMILES string of the molecule is CNC(C)(CCc1ccc(OC)cc1)CC(N)=O. The summed E-state index contributed by atoms with van der Waals surface area (Å²) in [5.41, 5.74) is 6.25. The zero-order valence-electron chi connectivity index (χ0n) is 11.3. The lowest BCUT2D eigenvalue weighted by atomic mass is 9.90. The third-order valence-corrected chi connectivity index (χ3v) is 3.29. The molecule has 3 N–H and O–H groups in total. The minimum atomic E-state index is -0.276. The van der Waals surface area contributed by atoms with Crippen LogP contribution in [0.1, 0.15) is 25.3 Å². The van der Waals surface area contributed by atoms with E-state index in [0.29, 0.717) is 6.42 Å². The Hall–Kier alpha value is -1.55. The summed E-state index contributed by atoms with van der Waals surface area (Å²) >= 11 is 0. The van der Waals surface area contributed by atoms with Crippen molar-refractivity contribution in [1.29, 1.82) is 0 Å². The van der Waals surface area contributed by atoms with Crippen molar-refractivity contribution in [2.24, 2.45) is 5.73 Å². The van der Waals surface area contributed by atoms with Crippen LogP contribution in [0.2, 0.25) is 0 Å². The van der Waals surface area contributed by atoms with E-state index in [1.54, 1.807) is 7.11 Å². The molecule has 0 radical (unpaired) electrons. The molecule has 1 rings (SSSR count). The maximum absolute atomic E-state index is 11.0. The van der Waals surface area contributed by atoms with Crippen LogP contribution in [0.15, 0.2) is 24.3 Å². The molecule has 1 amide bonds. The third-order valence-electron chi connectivity index (χ3n) is 3.29. The Kier molecular flexibility index (Phi) is 5.16. The van der Waals surface area contributed by atoms with Gasteiger partial charge in [-0.05, 0) is 44.5 Å². The number of nitrogens with two attached hydrogens (primary N) is 1. The van der Waals surface area contributed by atoms with Crippen molar-refractivity contribution in [2.45, 2.75) is 31.7 Å². The van der Waals surface area contributed by atoms with Crippen LogP contribution < -0.4 is 15.8 Å². The van der Waals surface area contributed by atoms with E-state index in [2.05, 4.69) is 5.32 Å². The molecule has 0 aliphatic heterocycles. The zero-order valence-corrected chi connectivity index (χ0v) is 11.3. The van der Waals surface area contributed by atoms with Crippen LogP contribution in [0, 0.1) is 0 Å². The highest BCUT2D eigenvalue weighted by Gasteiger charge is 2.23. The fraction of sp³-hybridized carbons (Fsp3) is 0.500. The van der Waals surface area contributed by atoms with Gasteiger partial charge in [-0.15, -0.1) is 0 Å². The van der Waals surface area contributed by atoms with E-state index in [4.69, 9.17) is 10.5 Å². The maximum atomic E-state index is 11.0. The number of hydrogen-bond acceptors (Lipinski definition) is 3. The van der Waals surface area contributed by atoms with E-state index < -0.39 is 0 Å². The van der Waals surface area contributed by atoms with Crippen molar-refractivity contribution in [3.8, 4) is 5.75 Å². The molecule has 1 atom stereocenters. The van der Waals surface area contributed by atoms with E-state index in [9.17, 15) is 4.79 Å². The molecule has 4 nitrogen and oxygen atoms in total. The molecule has 1 aromatic rings. The van der Waals surface area contributed by atoms with Gasteiger partial charge in [0.2, 0.25) is 5.91 Å². The van der Waals surface area contributed by atoms with Crippen molar-refractivity contribution < 1.29 is 9.53 Å². The number of aryl methyl sites for hydroxylation is 1. The van der Waals surface area contributed by atoms with E-state index in [1.807, 2.05) is 38.2 Å². The van der Waals surface area contributed by atoms with Crippen molar-refractivity contribution in [3.63, 3.8) is 0 Å². The number of amides is 1. The summed E-state index contributed by atoms with van der Waals surface area (Å²) < 4.78 is 5.11. The molecular formula is C14H22N2O2. The normalized spacial score (nSPS) is 13.9. The van der Waals surface area contributed by atoms with Crippen LogP contribution in [0.25, 0.3) is 0 Å². The number of rotatable bonds is 7. The fourth-order valence-electron chi connectivity index (χ4n) is 1.90. The standard InChI is InChI=1S/C14H22N2O2/c1-14(16-2,10-13(15)17)9-8-11-4-6-12(18-3)7-5-11/h4-7,16H,8-10H2,1-3H3,(H2,15,17). The second kappa shape index (κ2) is 6.40. The molecule has 0 aliphatic rings. The minimum Gasteiger partial charge on any atom is -0.497 e. The van der Waals surface area contributed by atoms with Gasteiger partial charge in [0, 0.05) is 12.0 Å². The van der Waals surface area contributed by atoms with Crippen LogP contribution in [0.4, 0.5) is 0 Å².